The zero-order valence-electron chi connectivity index (χ0n) is 13.4. The van der Waals surface area contributed by atoms with E-state index >= 15 is 0 Å². The summed E-state index contributed by atoms with van der Waals surface area (Å²) in [4.78, 5) is 38.2. The Hall–Kier alpha value is -2.54. The number of carbonyl (C=O) groups excluding carboxylic acids is 1. The number of carbonyl (C=O) groups is 1. The lowest BCUT2D eigenvalue weighted by atomic mass is 10.2. The first kappa shape index (κ1) is 17.8. The summed E-state index contributed by atoms with van der Waals surface area (Å²) in [5.41, 5.74) is -1.28. The third-order valence-corrected chi connectivity index (χ3v) is 3.95. The minimum absolute atomic E-state index is 0.243. The topological polar surface area (TPSA) is 104 Å². The van der Waals surface area contributed by atoms with Gasteiger partial charge in [0.15, 0.2) is 5.56 Å². The summed E-state index contributed by atoms with van der Waals surface area (Å²) in [5.74, 6) is -1.47. The Morgan fingerprint density at radius 1 is 1.38 bits per heavy atom. The van der Waals surface area contributed by atoms with Crippen LogP contribution in [0.15, 0.2) is 27.8 Å². The van der Waals surface area contributed by atoms with Crippen molar-refractivity contribution in [1.82, 2.24) is 14.9 Å². The number of halogens is 1. The molecule has 1 aromatic carbocycles. The van der Waals surface area contributed by atoms with Crippen molar-refractivity contribution in [1.29, 1.82) is 0 Å². The van der Waals surface area contributed by atoms with Gasteiger partial charge in [0.1, 0.15) is 0 Å². The number of benzene rings is 1. The number of nitrogens with one attached hydrogen (secondary N) is 2. The molecule has 0 aliphatic carbocycles. The first-order valence-corrected chi connectivity index (χ1v) is 7.87. The molecule has 0 unspecified atom stereocenters. The maximum absolute atomic E-state index is 12.1. The molecule has 0 aliphatic heterocycles. The fourth-order valence-corrected chi connectivity index (χ4v) is 2.33. The van der Waals surface area contributed by atoms with Crippen molar-refractivity contribution in [2.45, 2.75) is 26.7 Å². The minimum Gasteiger partial charge on any atom is -0.493 e. The third-order valence-electron chi connectivity index (χ3n) is 3.54. The number of rotatable bonds is 5. The van der Waals surface area contributed by atoms with Crippen LogP contribution in [0.25, 0.3) is 5.69 Å². The Bertz CT molecular complexity index is 886. The highest BCUT2D eigenvalue weighted by Crippen LogP contribution is 2.22. The monoisotopic (exact) mass is 351 g/mol. The first-order chi connectivity index (χ1) is 11.4. The van der Waals surface area contributed by atoms with Crippen molar-refractivity contribution in [2.75, 3.05) is 6.54 Å². The van der Waals surface area contributed by atoms with Gasteiger partial charge in [0.25, 0.3) is 11.5 Å². The average molecular weight is 352 g/mol. The van der Waals surface area contributed by atoms with Crippen LogP contribution in [0.3, 0.4) is 0 Å². The summed E-state index contributed by atoms with van der Waals surface area (Å²) in [7, 11) is 0. The van der Waals surface area contributed by atoms with E-state index in [-0.39, 0.29) is 5.69 Å². The highest BCUT2D eigenvalue weighted by Gasteiger charge is 2.21. The molecule has 0 aliphatic rings. The van der Waals surface area contributed by atoms with Crippen LogP contribution in [0.2, 0.25) is 5.02 Å². The van der Waals surface area contributed by atoms with Gasteiger partial charge in [0.05, 0.1) is 5.69 Å². The molecular formula is C16H18ClN3O4. The molecule has 3 N–H and O–H groups in total. The number of H-pyrrole nitrogens is 1. The molecule has 0 fully saturated rings. The number of aromatic nitrogens is 2. The fraction of sp³-hybridized carbons (Fsp3) is 0.312. The Morgan fingerprint density at radius 2 is 2.08 bits per heavy atom. The maximum atomic E-state index is 12.1. The van der Waals surface area contributed by atoms with Gasteiger partial charge < -0.3 is 10.4 Å². The molecule has 24 heavy (non-hydrogen) atoms. The molecule has 0 saturated carbocycles. The van der Waals surface area contributed by atoms with E-state index in [1.807, 2.05) is 11.9 Å². The van der Waals surface area contributed by atoms with Gasteiger partial charge in [-0.15, -0.1) is 0 Å². The van der Waals surface area contributed by atoms with Crippen LogP contribution in [0.5, 0.6) is 5.88 Å². The number of aromatic amines is 1. The second-order valence-electron chi connectivity index (χ2n) is 5.34. The molecule has 2 aromatic rings. The molecule has 1 heterocycles. The van der Waals surface area contributed by atoms with Crippen molar-refractivity contribution >= 4 is 17.5 Å². The fourth-order valence-electron chi connectivity index (χ4n) is 2.16. The summed E-state index contributed by atoms with van der Waals surface area (Å²) in [6.07, 6.45) is 1.60. The summed E-state index contributed by atoms with van der Waals surface area (Å²) < 4.78 is 0.835. The first-order valence-electron chi connectivity index (χ1n) is 7.49. The van der Waals surface area contributed by atoms with Gasteiger partial charge in [-0.2, -0.15) is 0 Å². The molecule has 8 heteroatoms. The molecule has 1 amide bonds. The van der Waals surface area contributed by atoms with Crippen molar-refractivity contribution in [3.8, 4) is 11.6 Å². The zero-order valence-corrected chi connectivity index (χ0v) is 14.1. The number of amides is 1. The molecule has 1 aromatic heterocycles. The van der Waals surface area contributed by atoms with Crippen LogP contribution < -0.4 is 16.6 Å². The molecule has 0 radical (unpaired) electrons. The normalized spacial score (nSPS) is 10.6. The Balaban J connectivity index is 2.56. The van der Waals surface area contributed by atoms with Crippen LogP contribution in [0, 0.1) is 6.92 Å². The van der Waals surface area contributed by atoms with Gasteiger partial charge in [-0.3, -0.25) is 14.6 Å². The van der Waals surface area contributed by atoms with Gasteiger partial charge >= 0.3 is 5.69 Å². The SMILES string of the molecule is CCCCNC(=O)c1c(O)n(-c2ccc(C)c(Cl)c2)c(=O)[nH]c1=O. The summed E-state index contributed by atoms with van der Waals surface area (Å²) in [5, 5.41) is 13.3. The second kappa shape index (κ2) is 7.35. The largest absolute Gasteiger partial charge is 0.493 e. The van der Waals surface area contributed by atoms with Crippen LogP contribution in [-0.4, -0.2) is 27.1 Å². The molecule has 0 atom stereocenters. The van der Waals surface area contributed by atoms with E-state index in [2.05, 4.69) is 5.32 Å². The van der Waals surface area contributed by atoms with Gasteiger partial charge in [-0.25, -0.2) is 9.36 Å². The average Bonchev–Trinajstić information content (AvgIpc) is 2.50. The number of aryl methyl sites for hydroxylation is 1. The highest BCUT2D eigenvalue weighted by atomic mass is 35.5. The smallest absolute Gasteiger partial charge is 0.335 e. The third kappa shape index (κ3) is 3.51. The van der Waals surface area contributed by atoms with Crippen LogP contribution in [0.4, 0.5) is 0 Å². The number of hydrogen-bond acceptors (Lipinski definition) is 4. The highest BCUT2D eigenvalue weighted by molar-refractivity contribution is 6.31. The predicted octanol–water partition coefficient (Wildman–Crippen LogP) is 1.72. The van der Waals surface area contributed by atoms with Crippen molar-refractivity contribution in [2.24, 2.45) is 0 Å². The molecule has 0 spiro atoms. The molecule has 0 saturated heterocycles. The lowest BCUT2D eigenvalue weighted by Crippen LogP contribution is -2.37. The lowest BCUT2D eigenvalue weighted by Gasteiger charge is -2.12. The predicted molar refractivity (Wildman–Crippen MR) is 91.3 cm³/mol. The van der Waals surface area contributed by atoms with Crippen LogP contribution in [0.1, 0.15) is 35.7 Å². The van der Waals surface area contributed by atoms with Gasteiger partial charge in [0, 0.05) is 11.6 Å². The van der Waals surface area contributed by atoms with E-state index in [1.165, 1.54) is 6.07 Å². The molecule has 2 rings (SSSR count). The molecule has 7 nitrogen and oxygen atoms in total. The minimum atomic E-state index is -0.944. The van der Waals surface area contributed by atoms with E-state index in [1.54, 1.807) is 19.1 Å². The van der Waals surface area contributed by atoms with E-state index in [4.69, 9.17) is 11.6 Å². The number of aromatic hydroxyl groups is 1. The van der Waals surface area contributed by atoms with Crippen LogP contribution in [-0.2, 0) is 0 Å². The molecule has 0 bridgehead atoms. The summed E-state index contributed by atoms with van der Waals surface area (Å²) in [6, 6.07) is 4.68. The summed E-state index contributed by atoms with van der Waals surface area (Å²) >= 11 is 6.04. The maximum Gasteiger partial charge on any atom is 0.335 e. The zero-order chi connectivity index (χ0) is 17.9. The van der Waals surface area contributed by atoms with Crippen molar-refractivity contribution in [3.63, 3.8) is 0 Å². The Morgan fingerprint density at radius 3 is 2.71 bits per heavy atom. The van der Waals surface area contributed by atoms with Gasteiger partial charge in [-0.05, 0) is 31.0 Å². The second-order valence-corrected chi connectivity index (χ2v) is 5.74. The van der Waals surface area contributed by atoms with Gasteiger partial charge in [-0.1, -0.05) is 31.0 Å². The summed E-state index contributed by atoms with van der Waals surface area (Å²) in [6.45, 7) is 4.11. The van der Waals surface area contributed by atoms with Crippen molar-refractivity contribution in [3.05, 3.63) is 55.2 Å². The number of hydrogen-bond donors (Lipinski definition) is 3. The number of nitrogens with zero attached hydrogens (tertiary/aromatic N) is 1. The molecular weight excluding hydrogens is 334 g/mol. The molecule has 128 valence electrons. The van der Waals surface area contributed by atoms with Gasteiger partial charge in [0.2, 0.25) is 5.88 Å². The Labute approximate surface area is 142 Å². The van der Waals surface area contributed by atoms with E-state index < -0.39 is 28.6 Å². The quantitative estimate of drug-likeness (QED) is 0.713. The standard InChI is InChI=1S/C16H18ClN3O4/c1-3-4-7-18-13(21)12-14(22)19-16(24)20(15(12)23)10-6-5-9(2)11(17)8-10/h5-6,8,23H,3-4,7H2,1-2H3,(H,18,21)(H,19,22,24). The number of unbranched alkanes of at least 4 members (excludes halogenated alkanes) is 1. The Kier molecular flexibility index (Phi) is 5.46. The van der Waals surface area contributed by atoms with E-state index in [0.29, 0.717) is 11.6 Å². The van der Waals surface area contributed by atoms with Crippen LogP contribution >= 0.6 is 11.6 Å². The van der Waals surface area contributed by atoms with Crippen molar-refractivity contribution < 1.29 is 9.90 Å². The van der Waals surface area contributed by atoms with E-state index in [0.717, 1.165) is 23.0 Å². The lowest BCUT2D eigenvalue weighted by molar-refractivity contribution is 0.0947. The van der Waals surface area contributed by atoms with E-state index in [9.17, 15) is 19.5 Å².